The van der Waals surface area contributed by atoms with E-state index in [2.05, 4.69) is 4.98 Å². The van der Waals surface area contributed by atoms with E-state index in [0.717, 1.165) is 19.4 Å². The van der Waals surface area contributed by atoms with Gasteiger partial charge in [-0.25, -0.2) is 26.9 Å². The van der Waals surface area contributed by atoms with Gasteiger partial charge in [0.1, 0.15) is 0 Å². The van der Waals surface area contributed by atoms with Crippen LogP contribution in [0.15, 0.2) is 12.3 Å². The van der Waals surface area contributed by atoms with Crippen LogP contribution in [0.3, 0.4) is 0 Å². The first-order valence-electron chi connectivity index (χ1n) is 5.09. The van der Waals surface area contributed by atoms with Gasteiger partial charge in [-0.3, -0.25) is 0 Å². The Kier molecular flexibility index (Phi) is 3.80. The van der Waals surface area contributed by atoms with Crippen LogP contribution in [-0.2, 0) is 0 Å². The average molecular weight is 310 g/mol. The standard InChI is InChI=1S/C12H5ClF5NO/c1-20-12-5(2-4(13)3-19-12)6-7(14)9(16)11(18)10(17)8(6)15/h2-3H,1H3. The molecule has 0 saturated heterocycles. The summed E-state index contributed by atoms with van der Waals surface area (Å²) >= 11 is 5.61. The lowest BCUT2D eigenvalue weighted by Crippen LogP contribution is -2.05. The molecule has 0 spiro atoms. The Morgan fingerprint density at radius 2 is 1.45 bits per heavy atom. The van der Waals surface area contributed by atoms with Crippen molar-refractivity contribution in [1.82, 2.24) is 4.98 Å². The first-order valence-corrected chi connectivity index (χ1v) is 5.47. The number of ether oxygens (including phenoxy) is 1. The summed E-state index contributed by atoms with van der Waals surface area (Å²) in [7, 11) is 1.13. The molecule has 1 aromatic heterocycles. The van der Waals surface area contributed by atoms with E-state index in [1.54, 1.807) is 0 Å². The number of methoxy groups -OCH3 is 1. The molecule has 106 valence electrons. The van der Waals surface area contributed by atoms with Gasteiger partial charge in [-0.15, -0.1) is 0 Å². The molecule has 8 heteroatoms. The normalized spacial score (nSPS) is 10.8. The molecule has 0 fully saturated rings. The number of nitrogens with zero attached hydrogens (tertiary/aromatic N) is 1. The first-order chi connectivity index (χ1) is 9.38. The quantitative estimate of drug-likeness (QED) is 0.473. The minimum Gasteiger partial charge on any atom is -0.481 e. The topological polar surface area (TPSA) is 22.1 Å². The molecule has 0 aliphatic rings. The van der Waals surface area contributed by atoms with E-state index in [4.69, 9.17) is 16.3 Å². The zero-order valence-electron chi connectivity index (χ0n) is 9.78. The number of hydrogen-bond acceptors (Lipinski definition) is 2. The van der Waals surface area contributed by atoms with E-state index in [9.17, 15) is 22.0 Å². The molecule has 0 saturated carbocycles. The molecular weight excluding hydrogens is 305 g/mol. The molecule has 0 aliphatic heterocycles. The zero-order valence-corrected chi connectivity index (χ0v) is 10.5. The highest BCUT2D eigenvalue weighted by Crippen LogP contribution is 2.36. The Bertz CT molecular complexity index is 663. The Balaban J connectivity index is 2.86. The van der Waals surface area contributed by atoms with Gasteiger partial charge in [-0.2, -0.15) is 0 Å². The van der Waals surface area contributed by atoms with Crippen molar-refractivity contribution in [2.75, 3.05) is 7.11 Å². The van der Waals surface area contributed by atoms with E-state index < -0.39 is 40.2 Å². The fourth-order valence-electron chi connectivity index (χ4n) is 1.61. The SMILES string of the molecule is COc1ncc(Cl)cc1-c1c(F)c(F)c(F)c(F)c1F. The Morgan fingerprint density at radius 1 is 0.950 bits per heavy atom. The lowest BCUT2D eigenvalue weighted by molar-refractivity contribution is 0.378. The summed E-state index contributed by atoms with van der Waals surface area (Å²) in [6.45, 7) is 0. The van der Waals surface area contributed by atoms with Crippen LogP contribution in [-0.4, -0.2) is 12.1 Å². The lowest BCUT2D eigenvalue weighted by Gasteiger charge is -2.11. The Hall–Kier alpha value is -1.89. The third-order valence-corrected chi connectivity index (χ3v) is 2.70. The fraction of sp³-hybridized carbons (Fsp3) is 0.0833. The molecule has 0 radical (unpaired) electrons. The monoisotopic (exact) mass is 309 g/mol. The van der Waals surface area contributed by atoms with Gasteiger partial charge in [-0.1, -0.05) is 11.6 Å². The van der Waals surface area contributed by atoms with Crippen LogP contribution in [0.2, 0.25) is 5.02 Å². The average Bonchev–Trinajstić information content (AvgIpc) is 2.43. The smallest absolute Gasteiger partial charge is 0.221 e. The molecule has 0 N–H and O–H groups in total. The summed E-state index contributed by atoms with van der Waals surface area (Å²) in [5.74, 6) is -10.6. The fourth-order valence-corrected chi connectivity index (χ4v) is 1.77. The van der Waals surface area contributed by atoms with Crippen LogP contribution in [0.4, 0.5) is 22.0 Å². The second-order valence-electron chi connectivity index (χ2n) is 3.66. The van der Waals surface area contributed by atoms with Crippen molar-refractivity contribution >= 4 is 11.6 Å². The zero-order chi connectivity index (χ0) is 15.0. The number of pyridine rings is 1. The largest absolute Gasteiger partial charge is 0.481 e. The van der Waals surface area contributed by atoms with E-state index >= 15 is 0 Å². The summed E-state index contributed by atoms with van der Waals surface area (Å²) in [5.41, 5.74) is -1.58. The molecule has 0 amide bonds. The molecule has 0 bridgehead atoms. The minimum absolute atomic E-state index is 0.0512. The predicted molar refractivity (Wildman–Crippen MR) is 61.0 cm³/mol. The van der Waals surface area contributed by atoms with Gasteiger partial charge in [0.2, 0.25) is 11.7 Å². The number of aromatic nitrogens is 1. The van der Waals surface area contributed by atoms with Crippen LogP contribution >= 0.6 is 11.6 Å². The number of halogens is 6. The Labute approximate surface area is 114 Å². The van der Waals surface area contributed by atoms with Crippen molar-refractivity contribution in [3.05, 3.63) is 46.4 Å². The lowest BCUT2D eigenvalue weighted by atomic mass is 10.0. The van der Waals surface area contributed by atoms with Gasteiger partial charge in [0.15, 0.2) is 23.3 Å². The third kappa shape index (κ3) is 2.18. The van der Waals surface area contributed by atoms with Gasteiger partial charge in [0.25, 0.3) is 0 Å². The van der Waals surface area contributed by atoms with Crippen molar-refractivity contribution in [3.63, 3.8) is 0 Å². The summed E-state index contributed by atoms with van der Waals surface area (Å²) in [6, 6.07) is 0.992. The summed E-state index contributed by atoms with van der Waals surface area (Å²) < 4.78 is 71.4. The highest BCUT2D eigenvalue weighted by Gasteiger charge is 2.28. The minimum atomic E-state index is -2.24. The van der Waals surface area contributed by atoms with Crippen LogP contribution in [0.1, 0.15) is 0 Å². The third-order valence-electron chi connectivity index (χ3n) is 2.49. The van der Waals surface area contributed by atoms with Crippen LogP contribution in [0.25, 0.3) is 11.1 Å². The van der Waals surface area contributed by atoms with Gasteiger partial charge in [0, 0.05) is 6.20 Å². The molecule has 2 aromatic rings. The molecule has 1 aromatic carbocycles. The van der Waals surface area contributed by atoms with Crippen molar-refractivity contribution in [3.8, 4) is 17.0 Å². The number of benzene rings is 1. The van der Waals surface area contributed by atoms with Gasteiger partial charge in [-0.05, 0) is 6.07 Å². The number of hydrogen-bond donors (Lipinski definition) is 0. The molecule has 20 heavy (non-hydrogen) atoms. The number of rotatable bonds is 2. The second kappa shape index (κ2) is 5.24. The molecule has 0 aliphatic carbocycles. The summed E-state index contributed by atoms with van der Waals surface area (Å²) in [4.78, 5) is 3.61. The molecule has 2 nitrogen and oxygen atoms in total. The van der Waals surface area contributed by atoms with Crippen LogP contribution in [0.5, 0.6) is 5.88 Å². The maximum Gasteiger partial charge on any atom is 0.221 e. The predicted octanol–water partition coefficient (Wildman–Crippen LogP) is 4.11. The molecule has 0 atom stereocenters. The molecular formula is C12H5ClF5NO. The maximum absolute atomic E-state index is 13.7. The summed E-state index contributed by atoms with van der Waals surface area (Å²) in [5, 5.41) is -0.0512. The van der Waals surface area contributed by atoms with E-state index in [0.29, 0.717) is 0 Å². The highest BCUT2D eigenvalue weighted by atomic mass is 35.5. The van der Waals surface area contributed by atoms with Gasteiger partial charge in [0.05, 0.1) is 23.3 Å². The molecule has 2 rings (SSSR count). The second-order valence-corrected chi connectivity index (χ2v) is 4.09. The van der Waals surface area contributed by atoms with Crippen molar-refractivity contribution in [2.24, 2.45) is 0 Å². The molecule has 1 heterocycles. The van der Waals surface area contributed by atoms with Gasteiger partial charge < -0.3 is 4.74 Å². The maximum atomic E-state index is 13.7. The van der Waals surface area contributed by atoms with E-state index in [1.807, 2.05) is 0 Å². The van der Waals surface area contributed by atoms with Gasteiger partial charge >= 0.3 is 0 Å². The van der Waals surface area contributed by atoms with Crippen LogP contribution < -0.4 is 4.74 Å². The van der Waals surface area contributed by atoms with Crippen LogP contribution in [0, 0.1) is 29.1 Å². The van der Waals surface area contributed by atoms with Crippen molar-refractivity contribution in [2.45, 2.75) is 0 Å². The van der Waals surface area contributed by atoms with Crippen molar-refractivity contribution < 1.29 is 26.7 Å². The van der Waals surface area contributed by atoms with Crippen molar-refractivity contribution in [1.29, 1.82) is 0 Å². The Morgan fingerprint density at radius 3 is 1.95 bits per heavy atom. The van der Waals surface area contributed by atoms with E-state index in [1.165, 1.54) is 0 Å². The summed E-state index contributed by atoms with van der Waals surface area (Å²) in [6.07, 6.45) is 1.11. The first kappa shape index (κ1) is 14.5. The van der Waals surface area contributed by atoms with E-state index in [-0.39, 0.29) is 10.9 Å². The molecule has 0 unspecified atom stereocenters. The highest BCUT2D eigenvalue weighted by molar-refractivity contribution is 6.30.